The molecule has 0 heterocycles. The van der Waals surface area contributed by atoms with Gasteiger partial charge in [0, 0.05) is 17.3 Å². The van der Waals surface area contributed by atoms with Crippen LogP contribution in [0.5, 0.6) is 11.5 Å². The number of primary amides is 1. The Kier molecular flexibility index (Phi) is 4.18. The molecular weight excluding hydrogens is 270 g/mol. The third-order valence-corrected chi connectivity index (χ3v) is 3.00. The van der Waals surface area contributed by atoms with Gasteiger partial charge in [-0.2, -0.15) is 0 Å². The van der Waals surface area contributed by atoms with Gasteiger partial charge in [-0.15, -0.1) is 0 Å². The number of ether oxygens (including phenoxy) is 2. The van der Waals surface area contributed by atoms with Crippen molar-refractivity contribution in [1.29, 1.82) is 0 Å². The number of methoxy groups -OCH3 is 2. The highest BCUT2D eigenvalue weighted by atomic mass is 16.5. The van der Waals surface area contributed by atoms with E-state index >= 15 is 0 Å². The molecule has 0 unspecified atom stereocenters. The molecule has 5 N–H and O–H groups in total. The lowest BCUT2D eigenvalue weighted by Crippen LogP contribution is -2.11. The van der Waals surface area contributed by atoms with Gasteiger partial charge >= 0.3 is 0 Å². The van der Waals surface area contributed by atoms with E-state index in [4.69, 9.17) is 20.9 Å². The van der Waals surface area contributed by atoms with Crippen LogP contribution in [0.25, 0.3) is 0 Å². The molecule has 0 atom stereocenters. The van der Waals surface area contributed by atoms with E-state index in [0.29, 0.717) is 28.4 Å². The van der Waals surface area contributed by atoms with Gasteiger partial charge in [-0.3, -0.25) is 4.79 Å². The summed E-state index contributed by atoms with van der Waals surface area (Å²) in [6, 6.07) is 10.3. The molecule has 110 valence electrons. The maximum absolute atomic E-state index is 11.1. The van der Waals surface area contributed by atoms with Gasteiger partial charge in [0.25, 0.3) is 0 Å². The average molecular weight is 287 g/mol. The van der Waals surface area contributed by atoms with Crippen LogP contribution in [-0.4, -0.2) is 20.1 Å². The molecule has 21 heavy (non-hydrogen) atoms. The van der Waals surface area contributed by atoms with Gasteiger partial charge < -0.3 is 26.3 Å². The van der Waals surface area contributed by atoms with Crippen molar-refractivity contribution in [2.45, 2.75) is 0 Å². The van der Waals surface area contributed by atoms with Crippen LogP contribution >= 0.6 is 0 Å². The number of carbonyl (C=O) groups is 1. The van der Waals surface area contributed by atoms with E-state index in [1.807, 2.05) is 6.07 Å². The van der Waals surface area contributed by atoms with Crippen LogP contribution in [0.15, 0.2) is 36.4 Å². The number of carbonyl (C=O) groups excluding carboxylic acids is 1. The molecule has 6 heteroatoms. The fourth-order valence-corrected chi connectivity index (χ4v) is 1.90. The summed E-state index contributed by atoms with van der Waals surface area (Å²) < 4.78 is 10.4. The lowest BCUT2D eigenvalue weighted by molar-refractivity contribution is 0.100. The monoisotopic (exact) mass is 287 g/mol. The van der Waals surface area contributed by atoms with E-state index in [0.717, 1.165) is 5.69 Å². The third kappa shape index (κ3) is 3.17. The Labute approximate surface area is 122 Å². The van der Waals surface area contributed by atoms with Crippen molar-refractivity contribution >= 4 is 23.0 Å². The van der Waals surface area contributed by atoms with Crippen LogP contribution in [0.1, 0.15) is 10.4 Å². The molecule has 1 amide bonds. The van der Waals surface area contributed by atoms with Crippen LogP contribution in [0.4, 0.5) is 17.1 Å². The number of benzene rings is 2. The summed E-state index contributed by atoms with van der Waals surface area (Å²) in [6.45, 7) is 0. The molecule has 0 spiro atoms. The standard InChI is InChI=1S/C15H17N3O3/c1-20-13-6-4-10(8-14(13)21-2)18-12-5-3-9(15(17)19)7-11(12)16/h3-8,18H,16H2,1-2H3,(H2,17,19). The second kappa shape index (κ2) is 6.04. The SMILES string of the molecule is COc1ccc(Nc2ccc(C(N)=O)cc2N)cc1OC. The number of nitrogens with two attached hydrogens (primary N) is 2. The molecule has 0 aliphatic rings. The predicted molar refractivity (Wildman–Crippen MR) is 82.2 cm³/mol. The number of rotatable bonds is 5. The van der Waals surface area contributed by atoms with Gasteiger partial charge in [-0.05, 0) is 30.3 Å². The summed E-state index contributed by atoms with van der Waals surface area (Å²) >= 11 is 0. The first-order valence-electron chi connectivity index (χ1n) is 6.23. The quantitative estimate of drug-likeness (QED) is 0.731. The molecule has 0 bridgehead atoms. The highest BCUT2D eigenvalue weighted by Crippen LogP contribution is 2.32. The molecule has 0 saturated carbocycles. The van der Waals surface area contributed by atoms with E-state index in [-0.39, 0.29) is 0 Å². The minimum Gasteiger partial charge on any atom is -0.493 e. The molecule has 0 aromatic heterocycles. The fourth-order valence-electron chi connectivity index (χ4n) is 1.90. The zero-order valence-corrected chi connectivity index (χ0v) is 11.8. The summed E-state index contributed by atoms with van der Waals surface area (Å²) in [4.78, 5) is 11.1. The van der Waals surface area contributed by atoms with Gasteiger partial charge in [-0.1, -0.05) is 0 Å². The predicted octanol–water partition coefficient (Wildman–Crippen LogP) is 2.13. The smallest absolute Gasteiger partial charge is 0.248 e. The second-order valence-corrected chi connectivity index (χ2v) is 4.36. The van der Waals surface area contributed by atoms with Crippen molar-refractivity contribution in [3.8, 4) is 11.5 Å². The Hall–Kier alpha value is -2.89. The minimum absolute atomic E-state index is 0.366. The molecule has 2 aromatic rings. The lowest BCUT2D eigenvalue weighted by Gasteiger charge is -2.13. The van der Waals surface area contributed by atoms with Gasteiger partial charge in [0.05, 0.1) is 25.6 Å². The number of amides is 1. The van der Waals surface area contributed by atoms with E-state index < -0.39 is 5.91 Å². The van der Waals surface area contributed by atoms with E-state index in [9.17, 15) is 4.79 Å². The number of hydrogen-bond acceptors (Lipinski definition) is 5. The molecular formula is C15H17N3O3. The Morgan fingerprint density at radius 2 is 1.76 bits per heavy atom. The summed E-state index contributed by atoms with van der Waals surface area (Å²) in [5, 5.41) is 3.15. The van der Waals surface area contributed by atoms with Gasteiger partial charge in [0.1, 0.15) is 0 Å². The zero-order chi connectivity index (χ0) is 15.4. The van der Waals surface area contributed by atoms with Gasteiger partial charge in [0.2, 0.25) is 5.91 Å². The fraction of sp³-hybridized carbons (Fsp3) is 0.133. The second-order valence-electron chi connectivity index (χ2n) is 4.36. The molecule has 0 aliphatic carbocycles. The highest BCUT2D eigenvalue weighted by molar-refractivity contribution is 5.95. The van der Waals surface area contributed by atoms with Crippen LogP contribution in [0, 0.1) is 0 Å². The first-order chi connectivity index (χ1) is 10.0. The van der Waals surface area contributed by atoms with Crippen molar-refractivity contribution in [3.63, 3.8) is 0 Å². The van der Waals surface area contributed by atoms with Crippen LogP contribution < -0.4 is 26.3 Å². The van der Waals surface area contributed by atoms with E-state index in [1.165, 1.54) is 6.07 Å². The van der Waals surface area contributed by atoms with Crippen molar-refractivity contribution < 1.29 is 14.3 Å². The summed E-state index contributed by atoms with van der Waals surface area (Å²) in [5.74, 6) is 0.731. The lowest BCUT2D eigenvalue weighted by atomic mass is 10.1. The summed E-state index contributed by atoms with van der Waals surface area (Å²) in [5.41, 5.74) is 13.4. The maximum Gasteiger partial charge on any atom is 0.248 e. The molecule has 0 fully saturated rings. The van der Waals surface area contributed by atoms with Gasteiger partial charge in [-0.25, -0.2) is 0 Å². The average Bonchev–Trinajstić information content (AvgIpc) is 2.48. The summed E-state index contributed by atoms with van der Waals surface area (Å²) in [7, 11) is 3.14. The maximum atomic E-state index is 11.1. The number of hydrogen-bond donors (Lipinski definition) is 3. The van der Waals surface area contributed by atoms with Gasteiger partial charge in [0.15, 0.2) is 11.5 Å². The first-order valence-corrected chi connectivity index (χ1v) is 6.23. The number of nitrogen functional groups attached to an aromatic ring is 1. The Morgan fingerprint density at radius 3 is 2.33 bits per heavy atom. The van der Waals surface area contributed by atoms with Crippen LogP contribution in [0.3, 0.4) is 0 Å². The molecule has 0 saturated heterocycles. The first kappa shape index (κ1) is 14.5. The number of nitrogens with one attached hydrogen (secondary N) is 1. The van der Waals surface area contributed by atoms with Crippen molar-refractivity contribution in [2.24, 2.45) is 5.73 Å². The third-order valence-electron chi connectivity index (χ3n) is 3.00. The largest absolute Gasteiger partial charge is 0.493 e. The van der Waals surface area contributed by atoms with Crippen molar-refractivity contribution in [1.82, 2.24) is 0 Å². The molecule has 2 aromatic carbocycles. The molecule has 0 radical (unpaired) electrons. The minimum atomic E-state index is -0.514. The number of anilines is 3. The highest BCUT2D eigenvalue weighted by Gasteiger charge is 2.08. The van der Waals surface area contributed by atoms with Crippen molar-refractivity contribution in [2.75, 3.05) is 25.3 Å². The Bertz CT molecular complexity index is 671. The van der Waals surface area contributed by atoms with Crippen LogP contribution in [-0.2, 0) is 0 Å². The van der Waals surface area contributed by atoms with E-state index in [2.05, 4.69) is 5.32 Å². The van der Waals surface area contributed by atoms with Crippen LogP contribution in [0.2, 0.25) is 0 Å². The molecule has 2 rings (SSSR count). The molecule has 6 nitrogen and oxygen atoms in total. The topological polar surface area (TPSA) is 99.6 Å². The van der Waals surface area contributed by atoms with E-state index in [1.54, 1.807) is 38.5 Å². The zero-order valence-electron chi connectivity index (χ0n) is 11.8. The van der Waals surface area contributed by atoms with Crippen molar-refractivity contribution in [3.05, 3.63) is 42.0 Å². The molecule has 0 aliphatic heterocycles. The Morgan fingerprint density at radius 1 is 1.05 bits per heavy atom. The normalized spacial score (nSPS) is 10.0. The Balaban J connectivity index is 2.28. The summed E-state index contributed by atoms with van der Waals surface area (Å²) in [6.07, 6.45) is 0.